The van der Waals surface area contributed by atoms with Gasteiger partial charge in [0.1, 0.15) is 29.9 Å². The predicted molar refractivity (Wildman–Crippen MR) is 336 cm³/mol. The number of nitrogens with zero attached hydrogens (tertiary/aromatic N) is 5. The molecular formula is C64H75N9O12S2. The molecule has 0 fully saturated rings. The lowest BCUT2D eigenvalue weighted by Gasteiger charge is -2.16. The Balaban J connectivity index is 0.999. The number of phenolic OH excluding ortho intramolecular Hbond substituents is 1. The van der Waals surface area contributed by atoms with Crippen LogP contribution in [-0.2, 0) is 36.9 Å². The van der Waals surface area contributed by atoms with Crippen molar-refractivity contribution in [1.82, 2.24) is 10.1 Å². The maximum Gasteiger partial charge on any atom is 0.297 e. The molecule has 2 amide bonds. The molecule has 0 aliphatic rings. The van der Waals surface area contributed by atoms with Crippen LogP contribution >= 0.6 is 0 Å². The zero-order valence-electron chi connectivity index (χ0n) is 49.9. The van der Waals surface area contributed by atoms with Crippen LogP contribution in [0.4, 0.5) is 34.1 Å². The molecule has 21 nitrogen and oxygen atoms in total. The van der Waals surface area contributed by atoms with Gasteiger partial charge in [0.2, 0.25) is 5.91 Å². The molecular weight excluding hydrogens is 1150 g/mol. The van der Waals surface area contributed by atoms with Crippen molar-refractivity contribution in [2.24, 2.45) is 10.2 Å². The van der Waals surface area contributed by atoms with E-state index >= 15 is 0 Å². The molecule has 7 rings (SSSR count). The van der Waals surface area contributed by atoms with Crippen LogP contribution < -0.4 is 30.4 Å². The van der Waals surface area contributed by atoms with E-state index in [1.165, 1.54) is 143 Å². The number of hydrogen-bond acceptors (Lipinski definition) is 15. The SMILES string of the molecule is CCCCCCCCCCCCCCCCNC(=O)c1ccc(-n2oc(C(C)(C)C)c(COc3ccc(NS(=O)(=O)c4cccc(S(=O)(=O)Nc5cccc6c(O)c(NC(=O)CC)cc(N=Nc7ccc(C)cc7C#N)c56)c4)cc3)c2=O)c([N+](=O)[O-])c1. The van der Waals surface area contributed by atoms with Crippen molar-refractivity contribution in [3.8, 4) is 23.3 Å². The molecule has 0 atom stereocenters. The summed E-state index contributed by atoms with van der Waals surface area (Å²) in [5.41, 5.74) is -0.932. The smallest absolute Gasteiger partial charge is 0.297 e. The van der Waals surface area contributed by atoms with Crippen molar-refractivity contribution in [2.45, 2.75) is 160 Å². The number of benzene rings is 6. The van der Waals surface area contributed by atoms with E-state index in [1.54, 1.807) is 52.8 Å². The van der Waals surface area contributed by atoms with E-state index in [-0.39, 0.29) is 86.1 Å². The van der Waals surface area contributed by atoms with Crippen molar-refractivity contribution < 1.29 is 45.7 Å². The van der Waals surface area contributed by atoms with E-state index in [4.69, 9.17) is 9.26 Å². The molecule has 87 heavy (non-hydrogen) atoms. The molecule has 0 bridgehead atoms. The molecule has 7 aromatic rings. The number of ether oxygens (including phenoxy) is 1. The largest absolute Gasteiger partial charge is 0.505 e. The van der Waals surface area contributed by atoms with Crippen molar-refractivity contribution in [3.63, 3.8) is 0 Å². The number of carbonyl (C=O) groups is 2. The Morgan fingerprint density at radius 3 is 1.97 bits per heavy atom. The first-order valence-electron chi connectivity index (χ1n) is 29.3. The molecule has 0 radical (unpaired) electrons. The minimum atomic E-state index is -4.59. The van der Waals surface area contributed by atoms with E-state index in [9.17, 15) is 51.7 Å². The molecule has 1 aromatic heterocycles. The van der Waals surface area contributed by atoms with Crippen molar-refractivity contribution in [2.75, 3.05) is 21.3 Å². The van der Waals surface area contributed by atoms with E-state index in [2.05, 4.69) is 43.3 Å². The summed E-state index contributed by atoms with van der Waals surface area (Å²) in [6.45, 7) is 11.1. The number of unbranched alkanes of at least 4 members (excludes halogenated alkanes) is 13. The number of aromatic hydroxyl groups is 1. The summed E-state index contributed by atoms with van der Waals surface area (Å²) < 4.78 is 73.8. The van der Waals surface area contributed by atoms with Crippen LogP contribution in [0, 0.1) is 28.4 Å². The van der Waals surface area contributed by atoms with Gasteiger partial charge in [-0.1, -0.05) is 142 Å². The van der Waals surface area contributed by atoms with Crippen molar-refractivity contribution in [1.29, 1.82) is 5.26 Å². The lowest BCUT2D eigenvalue weighted by atomic mass is 9.91. The number of phenols is 1. The third kappa shape index (κ3) is 17.4. The number of nitrogens with one attached hydrogen (secondary N) is 4. The van der Waals surface area contributed by atoms with Gasteiger partial charge in [-0.25, -0.2) is 16.8 Å². The number of nitro benzene ring substituents is 1. The summed E-state index contributed by atoms with van der Waals surface area (Å²) in [5.74, 6) is -0.908. The van der Waals surface area contributed by atoms with Gasteiger partial charge in [-0.05, 0) is 97.8 Å². The third-order valence-electron chi connectivity index (χ3n) is 14.5. The number of azo groups is 1. The molecule has 0 aliphatic heterocycles. The maximum atomic E-state index is 14.2. The monoisotopic (exact) mass is 1230 g/mol. The fourth-order valence-electron chi connectivity index (χ4n) is 9.77. The third-order valence-corrected chi connectivity index (χ3v) is 17.2. The maximum absolute atomic E-state index is 14.2. The zero-order chi connectivity index (χ0) is 62.9. The second-order valence-electron chi connectivity index (χ2n) is 22.3. The van der Waals surface area contributed by atoms with Crippen LogP contribution in [0.15, 0.2) is 139 Å². The summed E-state index contributed by atoms with van der Waals surface area (Å²) in [5, 5.41) is 47.8. The first-order valence-corrected chi connectivity index (χ1v) is 32.2. The summed E-state index contributed by atoms with van der Waals surface area (Å²) in [4.78, 5) is 50.6. The van der Waals surface area contributed by atoms with Gasteiger partial charge in [0.25, 0.3) is 37.2 Å². The summed E-state index contributed by atoms with van der Waals surface area (Å²) in [7, 11) is -9.05. The number of anilines is 3. The number of fused-ring (bicyclic) bond motifs is 1. The second-order valence-corrected chi connectivity index (χ2v) is 25.7. The fraction of sp³-hybridized carbons (Fsp3) is 0.375. The van der Waals surface area contributed by atoms with Crippen LogP contribution in [0.25, 0.3) is 16.5 Å². The molecule has 0 saturated heterocycles. The molecule has 0 aliphatic carbocycles. The summed E-state index contributed by atoms with van der Waals surface area (Å²) in [6.07, 6.45) is 17.0. The lowest BCUT2D eigenvalue weighted by molar-refractivity contribution is -0.384. The van der Waals surface area contributed by atoms with Gasteiger partial charge in [0, 0.05) is 46.5 Å². The Labute approximate surface area is 507 Å². The van der Waals surface area contributed by atoms with Gasteiger partial charge in [-0.15, -0.1) is 15.0 Å². The first kappa shape index (κ1) is 65.7. The number of aromatic nitrogens is 1. The van der Waals surface area contributed by atoms with Crippen LogP contribution in [0.5, 0.6) is 11.5 Å². The highest BCUT2D eigenvalue weighted by atomic mass is 32.2. The number of aryl methyl sites for hydroxylation is 1. The van der Waals surface area contributed by atoms with Gasteiger partial charge >= 0.3 is 0 Å². The van der Waals surface area contributed by atoms with Gasteiger partial charge in [-0.3, -0.25) is 33.9 Å². The van der Waals surface area contributed by atoms with Crippen LogP contribution in [0.3, 0.4) is 0 Å². The topological polar surface area (TPSA) is 307 Å². The summed E-state index contributed by atoms with van der Waals surface area (Å²) >= 11 is 0. The second kappa shape index (κ2) is 30.0. The van der Waals surface area contributed by atoms with Crippen LogP contribution in [0.2, 0.25) is 0 Å². The number of hydrogen-bond donors (Lipinski definition) is 5. The number of nitro groups is 1. The number of amides is 2. The normalized spacial score (nSPS) is 11.8. The van der Waals surface area contributed by atoms with E-state index in [0.29, 0.717) is 6.54 Å². The predicted octanol–water partition coefficient (Wildman–Crippen LogP) is 14.8. The summed E-state index contributed by atoms with van der Waals surface area (Å²) in [6, 6.07) is 26.7. The number of sulfonamides is 2. The number of nitriles is 1. The Kier molecular flexibility index (Phi) is 22.6. The average molecular weight is 1230 g/mol. The van der Waals surface area contributed by atoms with Gasteiger partial charge in [-0.2, -0.15) is 5.26 Å². The lowest BCUT2D eigenvalue weighted by Crippen LogP contribution is -2.25. The first-order chi connectivity index (χ1) is 41.5. The minimum absolute atomic E-state index is 0.00660. The van der Waals surface area contributed by atoms with E-state index < -0.39 is 69.0 Å². The molecule has 0 spiro atoms. The number of rotatable bonds is 31. The Bertz CT molecular complexity index is 3980. The number of carbonyl (C=O) groups excluding carboxylic acids is 2. The van der Waals surface area contributed by atoms with Gasteiger partial charge in [0.05, 0.1) is 42.9 Å². The average Bonchev–Trinajstić information content (AvgIpc) is 1.82. The van der Waals surface area contributed by atoms with Crippen LogP contribution in [0.1, 0.15) is 164 Å². The molecule has 0 unspecified atom stereocenters. The van der Waals surface area contributed by atoms with E-state index in [1.807, 2.05) is 0 Å². The van der Waals surface area contributed by atoms with E-state index in [0.717, 1.165) is 48.1 Å². The Morgan fingerprint density at radius 1 is 0.747 bits per heavy atom. The molecule has 5 N–H and O–H groups in total. The quantitative estimate of drug-likeness (QED) is 0.00889. The molecule has 6 aromatic carbocycles. The standard InChI is InChI=1S/C64H75N9O12S2/c1-7-9-10-11-12-13-14-15-16-17-18-19-20-21-36-66-62(76)44-29-35-56(57(38-44)73(78)79)72-63(77)51(61(85-72)64(4,5)6)42-84-47-32-30-46(31-33-47)70-86(80,81)48-24-22-25-49(39-48)87(82,83)71-53-27-23-26-50-59(53)54(40-55(60(50)75)67-58(74)8-2)69-68-52-34-28-43(3)37-45(52)41-65/h22-35,37-40,70-71,75H,7-21,36,42H2,1-6H3,(H,66,76)(H,67,74). The fourth-order valence-corrected chi connectivity index (χ4v) is 12.1. The Morgan fingerprint density at radius 2 is 1.36 bits per heavy atom. The van der Waals surface area contributed by atoms with Gasteiger partial charge in [0.15, 0.2) is 11.4 Å². The minimum Gasteiger partial charge on any atom is -0.505 e. The van der Waals surface area contributed by atoms with Gasteiger partial charge < -0.3 is 25.0 Å². The van der Waals surface area contributed by atoms with Crippen molar-refractivity contribution in [3.05, 3.63) is 158 Å². The van der Waals surface area contributed by atoms with Crippen molar-refractivity contribution >= 4 is 76.8 Å². The van der Waals surface area contributed by atoms with Crippen LogP contribution in [-0.4, -0.2) is 50.0 Å². The highest BCUT2D eigenvalue weighted by Gasteiger charge is 2.32. The highest BCUT2D eigenvalue weighted by molar-refractivity contribution is 7.93. The molecule has 0 saturated carbocycles. The Hall–Kier alpha value is -8.88. The molecule has 460 valence electrons. The highest BCUT2D eigenvalue weighted by Crippen LogP contribution is 2.44. The molecule has 23 heteroatoms. The zero-order valence-corrected chi connectivity index (χ0v) is 51.5. The molecule has 1 heterocycles.